The molecule has 1 aliphatic rings. The second kappa shape index (κ2) is 13.4. The summed E-state index contributed by atoms with van der Waals surface area (Å²) in [6.07, 6.45) is 3.53. The number of nitrogens with one attached hydrogen (secondary N) is 1. The minimum absolute atomic E-state index is 0.259. The summed E-state index contributed by atoms with van der Waals surface area (Å²) in [4.78, 5) is 48.5. The molecule has 1 fully saturated rings. The highest BCUT2D eigenvalue weighted by atomic mass is 16.5. The van der Waals surface area contributed by atoms with E-state index < -0.39 is 45.8 Å². The number of carboxylic acid groups (broad SMARTS) is 2. The lowest BCUT2D eigenvalue weighted by Crippen LogP contribution is -2.71. The summed E-state index contributed by atoms with van der Waals surface area (Å²) in [5, 5.41) is 43.5. The van der Waals surface area contributed by atoms with E-state index in [9.17, 15) is 39.6 Å². The lowest BCUT2D eigenvalue weighted by Gasteiger charge is -2.35. The molecule has 4 rings (SSSR count). The molecule has 7 N–H and O–H groups in total. The van der Waals surface area contributed by atoms with Gasteiger partial charge in [-0.3, -0.25) is 9.59 Å². The molecule has 1 aliphatic heterocycles. The summed E-state index contributed by atoms with van der Waals surface area (Å²) in [7, 11) is 0. The van der Waals surface area contributed by atoms with Crippen molar-refractivity contribution < 1.29 is 39.6 Å². The quantitative estimate of drug-likeness (QED) is 0.167. The predicted molar refractivity (Wildman–Crippen MR) is 150 cm³/mol. The van der Waals surface area contributed by atoms with E-state index in [0.717, 1.165) is 30.7 Å². The van der Waals surface area contributed by atoms with Crippen LogP contribution in [0.1, 0.15) is 58.5 Å². The van der Waals surface area contributed by atoms with Gasteiger partial charge < -0.3 is 31.5 Å². The van der Waals surface area contributed by atoms with Crippen molar-refractivity contribution in [3.63, 3.8) is 0 Å². The standard InChI is InChI=1S/C18H14O8.C13H20N2/c19-13(11-7-3-1-4-8-11)17(25,15(21)22)18(26,16(23)24)14(20)12-9-5-2-6-10-12;1-2-11-8-9-12(14)13(15-11)10-6-4-3-5-7-10/h1-10,25-26H,(H,21,22)(H,23,24);3-7,11-13,15H,2,8-9,14H2,1H3/t17-,18-;11-,12-,13-/m00/s1. The first-order valence-corrected chi connectivity index (χ1v) is 13.2. The Morgan fingerprint density at radius 3 is 1.49 bits per heavy atom. The molecular weight excluding hydrogens is 528 g/mol. The Kier molecular flexibility index (Phi) is 10.3. The maximum absolute atomic E-state index is 12.6. The monoisotopic (exact) mass is 562 g/mol. The van der Waals surface area contributed by atoms with E-state index in [-0.39, 0.29) is 6.04 Å². The highest BCUT2D eigenvalue weighted by molar-refractivity contribution is 6.28. The summed E-state index contributed by atoms with van der Waals surface area (Å²) in [6, 6.07) is 24.6. The van der Waals surface area contributed by atoms with E-state index >= 15 is 0 Å². The lowest BCUT2D eigenvalue weighted by molar-refractivity contribution is -0.187. The number of ketones is 2. The molecule has 0 spiro atoms. The summed E-state index contributed by atoms with van der Waals surface area (Å²) < 4.78 is 0. The van der Waals surface area contributed by atoms with Gasteiger partial charge in [-0.05, 0) is 24.8 Å². The number of rotatable bonds is 9. The number of nitrogens with two attached hydrogens (primary N) is 1. The molecule has 0 radical (unpaired) electrons. The third kappa shape index (κ3) is 6.41. The van der Waals surface area contributed by atoms with Crippen LogP contribution in [0.2, 0.25) is 0 Å². The fraction of sp³-hybridized carbons (Fsp3) is 0.290. The number of hydrogen-bond donors (Lipinski definition) is 6. The molecule has 0 unspecified atom stereocenters. The molecule has 0 amide bonds. The Hall–Kier alpha value is -4.22. The smallest absolute Gasteiger partial charge is 0.348 e. The lowest BCUT2D eigenvalue weighted by atomic mass is 9.73. The Bertz CT molecular complexity index is 1280. The molecule has 0 aliphatic carbocycles. The van der Waals surface area contributed by atoms with Gasteiger partial charge in [0.25, 0.3) is 11.2 Å². The first kappa shape index (κ1) is 31.3. The molecule has 41 heavy (non-hydrogen) atoms. The van der Waals surface area contributed by atoms with Crippen molar-refractivity contribution in [2.24, 2.45) is 5.73 Å². The molecule has 5 atom stereocenters. The number of benzene rings is 3. The number of carboxylic acids is 2. The topological polar surface area (TPSA) is 187 Å². The average Bonchev–Trinajstić information content (AvgIpc) is 3.01. The van der Waals surface area contributed by atoms with Crippen LogP contribution in [-0.4, -0.2) is 67.2 Å². The number of carbonyl (C=O) groups excluding carboxylic acids is 2. The molecule has 0 aromatic heterocycles. The van der Waals surface area contributed by atoms with E-state index in [2.05, 4.69) is 42.6 Å². The highest BCUT2D eigenvalue weighted by Crippen LogP contribution is 2.32. The second-order valence-corrected chi connectivity index (χ2v) is 9.82. The first-order chi connectivity index (χ1) is 19.5. The first-order valence-electron chi connectivity index (χ1n) is 13.2. The molecule has 0 saturated carbocycles. The Balaban J connectivity index is 0.000000260. The average molecular weight is 563 g/mol. The molecule has 3 aromatic rings. The zero-order valence-electron chi connectivity index (χ0n) is 22.5. The Labute approximate surface area is 237 Å². The maximum Gasteiger partial charge on any atom is 0.348 e. The van der Waals surface area contributed by atoms with Crippen LogP contribution in [0.4, 0.5) is 0 Å². The molecular formula is C31H34N2O8. The zero-order chi connectivity index (χ0) is 30.2. The predicted octanol–water partition coefficient (Wildman–Crippen LogP) is 2.60. The van der Waals surface area contributed by atoms with Gasteiger partial charge in [0.15, 0.2) is 0 Å². The van der Waals surface area contributed by atoms with Gasteiger partial charge in [0.05, 0.1) is 0 Å². The van der Waals surface area contributed by atoms with Crippen LogP contribution < -0.4 is 11.1 Å². The third-order valence-electron chi connectivity index (χ3n) is 7.22. The highest BCUT2D eigenvalue weighted by Gasteiger charge is 2.69. The Morgan fingerprint density at radius 1 is 0.732 bits per heavy atom. The van der Waals surface area contributed by atoms with Crippen LogP contribution in [0.15, 0.2) is 91.0 Å². The van der Waals surface area contributed by atoms with Crippen molar-refractivity contribution in [1.29, 1.82) is 0 Å². The van der Waals surface area contributed by atoms with Crippen molar-refractivity contribution in [3.8, 4) is 0 Å². The van der Waals surface area contributed by atoms with Crippen LogP contribution in [0.25, 0.3) is 0 Å². The van der Waals surface area contributed by atoms with Gasteiger partial charge in [-0.1, -0.05) is 97.9 Å². The van der Waals surface area contributed by atoms with Crippen molar-refractivity contribution in [3.05, 3.63) is 108 Å². The second-order valence-electron chi connectivity index (χ2n) is 9.82. The van der Waals surface area contributed by atoms with E-state index in [1.165, 1.54) is 54.8 Å². The van der Waals surface area contributed by atoms with Crippen LogP contribution in [0.3, 0.4) is 0 Å². The summed E-state index contributed by atoms with van der Waals surface area (Å²) >= 11 is 0. The molecule has 10 nitrogen and oxygen atoms in total. The molecule has 1 heterocycles. The fourth-order valence-electron chi connectivity index (χ4n) is 4.78. The fourth-order valence-corrected chi connectivity index (χ4v) is 4.78. The minimum Gasteiger partial charge on any atom is -0.479 e. The SMILES string of the molecule is CC[C@H]1CC[C@H](N)[C@H](c2ccccc2)N1.O=C(O)[C@@](O)(C(=O)c1ccccc1)[C@@](O)(C(=O)O)C(=O)c1ccccc1. The number of carbonyl (C=O) groups is 4. The molecule has 1 saturated heterocycles. The van der Waals surface area contributed by atoms with E-state index in [1.807, 2.05) is 0 Å². The van der Waals surface area contributed by atoms with Gasteiger partial charge in [0, 0.05) is 29.3 Å². The van der Waals surface area contributed by atoms with Gasteiger partial charge in [-0.2, -0.15) is 0 Å². The van der Waals surface area contributed by atoms with Crippen molar-refractivity contribution >= 4 is 23.5 Å². The Morgan fingerprint density at radius 2 is 1.12 bits per heavy atom. The normalized spacial score (nSPS) is 21.2. The van der Waals surface area contributed by atoms with Gasteiger partial charge >= 0.3 is 11.9 Å². The summed E-state index contributed by atoms with van der Waals surface area (Å²) in [5.41, 5.74) is -1.20. The number of piperidine rings is 1. The number of aliphatic carboxylic acids is 2. The number of aliphatic hydroxyl groups is 2. The zero-order valence-corrected chi connectivity index (χ0v) is 22.5. The van der Waals surface area contributed by atoms with Gasteiger partial charge in [-0.15, -0.1) is 0 Å². The largest absolute Gasteiger partial charge is 0.479 e. The van der Waals surface area contributed by atoms with Crippen LogP contribution in [0.5, 0.6) is 0 Å². The number of hydrogen-bond acceptors (Lipinski definition) is 8. The van der Waals surface area contributed by atoms with E-state index in [0.29, 0.717) is 12.1 Å². The van der Waals surface area contributed by atoms with Gasteiger partial charge in [-0.25, -0.2) is 9.59 Å². The van der Waals surface area contributed by atoms with Gasteiger partial charge in [0.2, 0.25) is 11.6 Å². The van der Waals surface area contributed by atoms with Crippen LogP contribution in [-0.2, 0) is 9.59 Å². The van der Waals surface area contributed by atoms with Crippen molar-refractivity contribution in [2.75, 3.05) is 0 Å². The van der Waals surface area contributed by atoms with Gasteiger partial charge in [0.1, 0.15) is 0 Å². The number of Topliss-reactive ketones (excluding diaryl/α,β-unsaturated/α-hetero) is 2. The van der Waals surface area contributed by atoms with Crippen molar-refractivity contribution in [2.45, 2.75) is 55.5 Å². The molecule has 10 heteroatoms. The molecule has 216 valence electrons. The van der Waals surface area contributed by atoms with Crippen molar-refractivity contribution in [1.82, 2.24) is 5.32 Å². The molecule has 3 aromatic carbocycles. The summed E-state index contributed by atoms with van der Waals surface area (Å²) in [5.74, 6) is -8.03. The molecule has 0 bridgehead atoms. The maximum atomic E-state index is 12.6. The van der Waals surface area contributed by atoms with E-state index in [1.54, 1.807) is 0 Å². The summed E-state index contributed by atoms with van der Waals surface area (Å²) in [6.45, 7) is 2.23. The van der Waals surface area contributed by atoms with Crippen LogP contribution >= 0.6 is 0 Å². The van der Waals surface area contributed by atoms with Crippen LogP contribution in [0, 0.1) is 0 Å². The minimum atomic E-state index is -3.95. The third-order valence-corrected chi connectivity index (χ3v) is 7.22. The van der Waals surface area contributed by atoms with E-state index in [4.69, 9.17) is 5.73 Å².